The second-order valence-corrected chi connectivity index (χ2v) is 8.12. The summed E-state index contributed by atoms with van der Waals surface area (Å²) in [6.07, 6.45) is -1.67. The number of carboxylic acid groups (broad SMARTS) is 1. The van der Waals surface area contributed by atoms with E-state index in [1.54, 1.807) is 41.5 Å². The predicted molar refractivity (Wildman–Crippen MR) is 101 cm³/mol. The quantitative estimate of drug-likeness (QED) is 0.418. The molecule has 0 unspecified atom stereocenters. The van der Waals surface area contributed by atoms with Crippen molar-refractivity contribution >= 4 is 24.1 Å². The van der Waals surface area contributed by atoms with E-state index in [0.29, 0.717) is 0 Å². The number of aliphatic carboxylic acids is 1. The Labute approximate surface area is 170 Å². The topological polar surface area (TPSA) is 141 Å². The first-order valence-electron chi connectivity index (χ1n) is 8.99. The van der Waals surface area contributed by atoms with Crippen LogP contribution in [0.5, 0.6) is 0 Å². The van der Waals surface area contributed by atoms with Gasteiger partial charge in [0.2, 0.25) is 0 Å². The summed E-state index contributed by atoms with van der Waals surface area (Å²) in [5.74, 6) is -2.07. The van der Waals surface area contributed by atoms with Crippen molar-refractivity contribution in [3.8, 4) is 0 Å². The second-order valence-electron chi connectivity index (χ2n) is 8.12. The Hall–Kier alpha value is -2.56. The van der Waals surface area contributed by atoms with Crippen molar-refractivity contribution < 1.29 is 43.2 Å². The molecule has 0 aliphatic rings. The van der Waals surface area contributed by atoms with E-state index in [-0.39, 0.29) is 19.8 Å². The van der Waals surface area contributed by atoms with Gasteiger partial charge in [0.25, 0.3) is 0 Å². The van der Waals surface area contributed by atoms with E-state index in [4.69, 9.17) is 24.1 Å². The average molecular weight is 420 g/mol. The lowest BCUT2D eigenvalue weighted by Gasteiger charge is -2.26. The fourth-order valence-corrected chi connectivity index (χ4v) is 1.87. The number of amides is 2. The number of nitrogens with one attached hydrogen (secondary N) is 1. The van der Waals surface area contributed by atoms with Gasteiger partial charge in [-0.2, -0.15) is 0 Å². The third kappa shape index (κ3) is 13.3. The molecule has 0 saturated heterocycles. The molecule has 2 N–H and O–H groups in total. The Bertz CT molecular complexity index is 579. The maximum Gasteiger partial charge on any atom is 0.410 e. The molecular formula is C18H32N2O9. The lowest BCUT2D eigenvalue weighted by Crippen LogP contribution is -2.47. The van der Waals surface area contributed by atoms with Crippen LogP contribution in [0.2, 0.25) is 0 Å². The summed E-state index contributed by atoms with van der Waals surface area (Å²) < 4.78 is 20.2. The average Bonchev–Trinajstić information content (AvgIpc) is 2.49. The molecule has 11 nitrogen and oxygen atoms in total. The minimum atomic E-state index is -1.24. The Morgan fingerprint density at radius 1 is 1.00 bits per heavy atom. The fraction of sp³-hybridized carbons (Fsp3) is 0.778. The first kappa shape index (κ1) is 26.4. The smallest absolute Gasteiger partial charge is 0.410 e. The molecule has 0 bridgehead atoms. The van der Waals surface area contributed by atoms with Crippen LogP contribution < -0.4 is 5.32 Å². The Kier molecular flexibility index (Phi) is 10.4. The Balaban J connectivity index is 4.82. The van der Waals surface area contributed by atoms with Gasteiger partial charge in [-0.3, -0.25) is 9.69 Å². The predicted octanol–water partition coefficient (Wildman–Crippen LogP) is 1.39. The number of alkyl carbamates (subject to hydrolysis) is 1. The van der Waals surface area contributed by atoms with E-state index in [9.17, 15) is 19.2 Å². The molecular weight excluding hydrogens is 388 g/mol. The first-order chi connectivity index (χ1) is 13.1. The van der Waals surface area contributed by atoms with Crippen LogP contribution >= 0.6 is 0 Å². The van der Waals surface area contributed by atoms with Gasteiger partial charge in [-0.15, -0.1) is 0 Å². The monoisotopic (exact) mass is 420 g/mol. The van der Waals surface area contributed by atoms with E-state index in [0.717, 1.165) is 4.90 Å². The van der Waals surface area contributed by atoms with Crippen LogP contribution in [0.25, 0.3) is 0 Å². The molecule has 11 heteroatoms. The number of hydrogen-bond donors (Lipinski definition) is 2. The number of carboxylic acids is 1. The molecule has 0 spiro atoms. The summed E-state index contributed by atoms with van der Waals surface area (Å²) in [5.41, 5.74) is -1.57. The molecule has 0 aliphatic carbocycles. The summed E-state index contributed by atoms with van der Waals surface area (Å²) >= 11 is 0. The lowest BCUT2D eigenvalue weighted by molar-refractivity contribution is -0.148. The SMILES string of the molecule is COC[C@H](NC(=O)OC(C)(C)C)C(=O)OCCN(CC(=O)O)C(=O)OC(C)(C)C. The Morgan fingerprint density at radius 2 is 1.55 bits per heavy atom. The summed E-state index contributed by atoms with van der Waals surface area (Å²) in [6.45, 7) is 8.64. The largest absolute Gasteiger partial charge is 0.480 e. The van der Waals surface area contributed by atoms with Crippen LogP contribution in [-0.2, 0) is 28.5 Å². The molecule has 0 aromatic rings. The number of hydrogen-bond acceptors (Lipinski definition) is 8. The Morgan fingerprint density at radius 3 is 2.00 bits per heavy atom. The summed E-state index contributed by atoms with van der Waals surface area (Å²) in [7, 11) is 1.34. The zero-order chi connectivity index (χ0) is 22.8. The first-order valence-corrected chi connectivity index (χ1v) is 8.99. The molecule has 0 saturated carbocycles. The van der Waals surface area contributed by atoms with Crippen LogP contribution in [0.3, 0.4) is 0 Å². The van der Waals surface area contributed by atoms with E-state index in [2.05, 4.69) is 5.32 Å². The van der Waals surface area contributed by atoms with E-state index in [1.165, 1.54) is 7.11 Å². The maximum absolute atomic E-state index is 12.2. The minimum Gasteiger partial charge on any atom is -0.480 e. The molecule has 0 fully saturated rings. The third-order valence-corrected chi connectivity index (χ3v) is 2.89. The van der Waals surface area contributed by atoms with Crippen molar-refractivity contribution in [2.24, 2.45) is 0 Å². The third-order valence-electron chi connectivity index (χ3n) is 2.89. The van der Waals surface area contributed by atoms with Gasteiger partial charge in [0.05, 0.1) is 13.2 Å². The minimum absolute atomic E-state index is 0.164. The van der Waals surface area contributed by atoms with E-state index < -0.39 is 47.9 Å². The summed E-state index contributed by atoms with van der Waals surface area (Å²) in [4.78, 5) is 48.0. The number of ether oxygens (including phenoxy) is 4. The normalized spacial score (nSPS) is 12.5. The number of esters is 1. The van der Waals surface area contributed by atoms with Crippen molar-refractivity contribution in [3.05, 3.63) is 0 Å². The standard InChI is InChI=1S/C18H32N2O9/c1-17(2,3)28-15(24)19-12(11-26-7)14(23)27-9-8-20(10-13(21)22)16(25)29-18(4,5)6/h12H,8-11H2,1-7H3,(H,19,24)(H,21,22)/t12-/m0/s1. The van der Waals surface area contributed by atoms with Crippen molar-refractivity contribution in [2.45, 2.75) is 58.8 Å². The van der Waals surface area contributed by atoms with Gasteiger partial charge in [0, 0.05) is 7.11 Å². The zero-order valence-corrected chi connectivity index (χ0v) is 18.1. The highest BCUT2D eigenvalue weighted by atomic mass is 16.6. The van der Waals surface area contributed by atoms with Crippen LogP contribution in [0, 0.1) is 0 Å². The van der Waals surface area contributed by atoms with Crippen LogP contribution in [-0.4, -0.2) is 84.8 Å². The fourth-order valence-electron chi connectivity index (χ4n) is 1.87. The molecule has 0 rings (SSSR count). The van der Waals surface area contributed by atoms with Gasteiger partial charge in [-0.25, -0.2) is 14.4 Å². The summed E-state index contributed by atoms with van der Waals surface area (Å²) in [6, 6.07) is -1.13. The van der Waals surface area contributed by atoms with Crippen molar-refractivity contribution in [1.29, 1.82) is 0 Å². The number of methoxy groups -OCH3 is 1. The molecule has 2 amide bonds. The number of rotatable bonds is 9. The second kappa shape index (κ2) is 11.4. The number of carbonyl (C=O) groups is 4. The van der Waals surface area contributed by atoms with Crippen molar-refractivity contribution in [3.63, 3.8) is 0 Å². The highest BCUT2D eigenvalue weighted by molar-refractivity contribution is 5.81. The highest BCUT2D eigenvalue weighted by Crippen LogP contribution is 2.10. The van der Waals surface area contributed by atoms with Gasteiger partial charge >= 0.3 is 24.1 Å². The molecule has 0 radical (unpaired) electrons. The van der Waals surface area contributed by atoms with Crippen LogP contribution in [0.15, 0.2) is 0 Å². The molecule has 0 aromatic heterocycles. The van der Waals surface area contributed by atoms with Gasteiger partial charge < -0.3 is 29.4 Å². The highest BCUT2D eigenvalue weighted by Gasteiger charge is 2.27. The van der Waals surface area contributed by atoms with Gasteiger partial charge in [0.1, 0.15) is 24.4 Å². The summed E-state index contributed by atoms with van der Waals surface area (Å²) in [5, 5.41) is 11.3. The van der Waals surface area contributed by atoms with Crippen molar-refractivity contribution in [1.82, 2.24) is 10.2 Å². The maximum atomic E-state index is 12.2. The molecule has 168 valence electrons. The van der Waals surface area contributed by atoms with Gasteiger partial charge in [-0.05, 0) is 41.5 Å². The van der Waals surface area contributed by atoms with Crippen LogP contribution in [0.4, 0.5) is 9.59 Å². The molecule has 0 aromatic carbocycles. The van der Waals surface area contributed by atoms with Gasteiger partial charge in [0.15, 0.2) is 6.04 Å². The molecule has 29 heavy (non-hydrogen) atoms. The van der Waals surface area contributed by atoms with Crippen LogP contribution in [0.1, 0.15) is 41.5 Å². The molecule has 0 heterocycles. The van der Waals surface area contributed by atoms with Crippen molar-refractivity contribution in [2.75, 3.05) is 33.4 Å². The number of carbonyl (C=O) groups excluding carboxylic acids is 3. The van der Waals surface area contributed by atoms with E-state index >= 15 is 0 Å². The molecule has 0 aliphatic heterocycles. The van der Waals surface area contributed by atoms with Gasteiger partial charge in [-0.1, -0.05) is 0 Å². The van der Waals surface area contributed by atoms with E-state index in [1.807, 2.05) is 0 Å². The zero-order valence-electron chi connectivity index (χ0n) is 18.1. The lowest BCUT2D eigenvalue weighted by atomic mass is 10.2. The molecule has 1 atom stereocenters. The number of nitrogens with zero attached hydrogens (tertiary/aromatic N) is 1.